The Bertz CT molecular complexity index is 987. The highest BCUT2D eigenvalue weighted by Crippen LogP contribution is 2.19. The van der Waals surface area contributed by atoms with Gasteiger partial charge in [0.25, 0.3) is 5.91 Å². The number of rotatable bonds is 7. The number of carbonyl (C=O) groups excluding carboxylic acids is 1. The third-order valence-corrected chi connectivity index (χ3v) is 4.22. The van der Waals surface area contributed by atoms with Crippen molar-refractivity contribution >= 4 is 22.7 Å². The zero-order valence-electron chi connectivity index (χ0n) is 15.7. The van der Waals surface area contributed by atoms with Gasteiger partial charge in [-0.2, -0.15) is 0 Å². The van der Waals surface area contributed by atoms with Crippen molar-refractivity contribution in [2.75, 3.05) is 33.1 Å². The average Bonchev–Trinajstić information content (AvgIpc) is 2.95. The first kappa shape index (κ1) is 18.9. The molecular formula is C20H23N3O4. The molecule has 1 N–H and O–H groups in total. The maximum absolute atomic E-state index is 12.5. The van der Waals surface area contributed by atoms with Gasteiger partial charge < -0.3 is 19.4 Å². The number of oxazole rings is 1. The number of anilines is 1. The number of aromatic nitrogens is 1. The van der Waals surface area contributed by atoms with Gasteiger partial charge in [-0.15, -0.1) is 0 Å². The Kier molecular flexibility index (Phi) is 5.73. The van der Waals surface area contributed by atoms with Crippen molar-refractivity contribution in [2.45, 2.75) is 13.2 Å². The van der Waals surface area contributed by atoms with Crippen molar-refractivity contribution < 1.29 is 13.9 Å². The highest BCUT2D eigenvalue weighted by molar-refractivity contribution is 6.04. The van der Waals surface area contributed by atoms with E-state index in [4.69, 9.17) is 9.15 Å². The smallest absolute Gasteiger partial charge is 0.408 e. The van der Waals surface area contributed by atoms with Crippen LogP contribution in [0.4, 0.5) is 5.69 Å². The molecule has 142 valence electrons. The van der Waals surface area contributed by atoms with E-state index in [1.807, 2.05) is 31.1 Å². The lowest BCUT2D eigenvalue weighted by atomic mass is 10.1. The van der Waals surface area contributed by atoms with E-state index >= 15 is 0 Å². The van der Waals surface area contributed by atoms with E-state index < -0.39 is 5.76 Å². The molecule has 7 heteroatoms. The fourth-order valence-corrected chi connectivity index (χ4v) is 2.77. The molecule has 1 aromatic heterocycles. The number of ether oxygens (including phenoxy) is 1. The lowest BCUT2D eigenvalue weighted by Gasteiger charge is -2.10. The lowest BCUT2D eigenvalue weighted by molar-refractivity contribution is 0.102. The molecular weight excluding hydrogens is 346 g/mol. The van der Waals surface area contributed by atoms with Crippen molar-refractivity contribution in [3.05, 3.63) is 64.1 Å². The van der Waals surface area contributed by atoms with E-state index in [0.717, 1.165) is 5.56 Å². The van der Waals surface area contributed by atoms with Crippen LogP contribution in [0, 0.1) is 0 Å². The molecule has 27 heavy (non-hydrogen) atoms. The highest BCUT2D eigenvalue weighted by atomic mass is 16.5. The highest BCUT2D eigenvalue weighted by Gasteiger charge is 2.12. The van der Waals surface area contributed by atoms with Crippen molar-refractivity contribution in [2.24, 2.45) is 0 Å². The van der Waals surface area contributed by atoms with Crippen LogP contribution in [0.5, 0.6) is 0 Å². The van der Waals surface area contributed by atoms with Crippen LogP contribution in [0.3, 0.4) is 0 Å². The molecule has 3 aromatic rings. The van der Waals surface area contributed by atoms with Crippen LogP contribution in [0.25, 0.3) is 11.1 Å². The Morgan fingerprint density at radius 1 is 1.19 bits per heavy atom. The largest absolute Gasteiger partial charge is 0.419 e. The predicted molar refractivity (Wildman–Crippen MR) is 104 cm³/mol. The molecule has 0 aliphatic heterocycles. The standard InChI is InChI=1S/C20H23N3O4/c1-22(2)10-11-23-17-12-16(8-9-18(17)27-20(23)25)21-19(24)15-6-4-14(5-7-15)13-26-3/h4-9,12H,10-11,13H2,1-3H3,(H,21,24). The van der Waals surface area contributed by atoms with Gasteiger partial charge >= 0.3 is 5.76 Å². The molecule has 1 amide bonds. The van der Waals surface area contributed by atoms with Gasteiger partial charge in [-0.3, -0.25) is 9.36 Å². The number of methoxy groups -OCH3 is 1. The van der Waals surface area contributed by atoms with Crippen LogP contribution in [0.2, 0.25) is 0 Å². The monoisotopic (exact) mass is 369 g/mol. The third-order valence-electron chi connectivity index (χ3n) is 4.22. The number of benzene rings is 2. The van der Waals surface area contributed by atoms with E-state index in [2.05, 4.69) is 5.32 Å². The Morgan fingerprint density at radius 2 is 1.93 bits per heavy atom. The molecule has 0 atom stereocenters. The van der Waals surface area contributed by atoms with E-state index in [1.165, 1.54) is 0 Å². The van der Waals surface area contributed by atoms with Gasteiger partial charge in [0.2, 0.25) is 0 Å². The van der Waals surface area contributed by atoms with Crippen LogP contribution in [-0.4, -0.2) is 43.1 Å². The zero-order valence-corrected chi connectivity index (χ0v) is 15.7. The Hall–Kier alpha value is -2.90. The van der Waals surface area contributed by atoms with Gasteiger partial charge in [-0.05, 0) is 50.0 Å². The maximum Gasteiger partial charge on any atom is 0.419 e. The van der Waals surface area contributed by atoms with Crippen LogP contribution in [0.15, 0.2) is 51.7 Å². The molecule has 1 heterocycles. The summed E-state index contributed by atoms with van der Waals surface area (Å²) in [6, 6.07) is 12.4. The molecule has 0 saturated heterocycles. The van der Waals surface area contributed by atoms with Gasteiger partial charge in [0.05, 0.1) is 12.1 Å². The maximum atomic E-state index is 12.5. The summed E-state index contributed by atoms with van der Waals surface area (Å²) in [5.74, 6) is -0.618. The van der Waals surface area contributed by atoms with Gasteiger partial charge in [0.15, 0.2) is 5.58 Å². The minimum Gasteiger partial charge on any atom is -0.408 e. The Labute approximate surface area is 157 Å². The first-order valence-corrected chi connectivity index (χ1v) is 8.65. The van der Waals surface area contributed by atoms with Crippen LogP contribution < -0.4 is 11.1 Å². The first-order valence-electron chi connectivity index (χ1n) is 8.65. The number of carbonyl (C=O) groups is 1. The summed E-state index contributed by atoms with van der Waals surface area (Å²) in [5.41, 5.74) is 3.31. The van der Waals surface area contributed by atoms with E-state index in [1.54, 1.807) is 42.0 Å². The summed E-state index contributed by atoms with van der Waals surface area (Å²) in [5, 5.41) is 2.87. The number of fused-ring (bicyclic) bond motifs is 1. The zero-order chi connectivity index (χ0) is 19.4. The van der Waals surface area contributed by atoms with Crippen LogP contribution in [0.1, 0.15) is 15.9 Å². The quantitative estimate of drug-likeness (QED) is 0.693. The van der Waals surface area contributed by atoms with Crippen molar-refractivity contribution in [3.63, 3.8) is 0 Å². The number of likely N-dealkylation sites (N-methyl/N-ethyl adjacent to an activating group) is 1. The number of amides is 1. The van der Waals surface area contributed by atoms with E-state index in [9.17, 15) is 9.59 Å². The normalized spacial score (nSPS) is 11.3. The van der Waals surface area contributed by atoms with Gasteiger partial charge in [0.1, 0.15) is 0 Å². The fourth-order valence-electron chi connectivity index (χ4n) is 2.77. The Morgan fingerprint density at radius 3 is 2.59 bits per heavy atom. The summed E-state index contributed by atoms with van der Waals surface area (Å²) in [4.78, 5) is 26.5. The number of nitrogens with one attached hydrogen (secondary N) is 1. The van der Waals surface area contributed by atoms with Crippen molar-refractivity contribution in [1.29, 1.82) is 0 Å². The molecule has 3 rings (SSSR count). The second-order valence-corrected chi connectivity index (χ2v) is 6.59. The number of hydrogen-bond acceptors (Lipinski definition) is 5. The molecule has 0 aliphatic rings. The molecule has 0 spiro atoms. The molecule has 0 aliphatic carbocycles. The first-order chi connectivity index (χ1) is 13.0. The molecule has 7 nitrogen and oxygen atoms in total. The lowest BCUT2D eigenvalue weighted by Crippen LogP contribution is -2.23. The van der Waals surface area contributed by atoms with Gasteiger partial charge in [-0.25, -0.2) is 4.79 Å². The molecule has 0 unspecified atom stereocenters. The second kappa shape index (κ2) is 8.20. The summed E-state index contributed by atoms with van der Waals surface area (Å²) >= 11 is 0. The fraction of sp³-hybridized carbons (Fsp3) is 0.300. The van der Waals surface area contributed by atoms with Crippen LogP contribution in [-0.2, 0) is 17.9 Å². The predicted octanol–water partition coefficient (Wildman–Crippen LogP) is 2.55. The molecule has 2 aromatic carbocycles. The SMILES string of the molecule is COCc1ccc(C(=O)Nc2ccc3oc(=O)n(CCN(C)C)c3c2)cc1. The molecule has 0 saturated carbocycles. The minimum absolute atomic E-state index is 0.219. The van der Waals surface area contributed by atoms with Gasteiger partial charge in [0, 0.05) is 31.5 Å². The number of hydrogen-bond donors (Lipinski definition) is 1. The Balaban J connectivity index is 1.81. The molecule has 0 bridgehead atoms. The summed E-state index contributed by atoms with van der Waals surface area (Å²) in [7, 11) is 5.51. The van der Waals surface area contributed by atoms with Crippen molar-refractivity contribution in [1.82, 2.24) is 9.47 Å². The van der Waals surface area contributed by atoms with Crippen LogP contribution >= 0.6 is 0 Å². The minimum atomic E-state index is -0.399. The summed E-state index contributed by atoms with van der Waals surface area (Å²) < 4.78 is 11.9. The summed E-state index contributed by atoms with van der Waals surface area (Å²) in [6.07, 6.45) is 0. The topological polar surface area (TPSA) is 76.7 Å². The molecule has 0 fully saturated rings. The number of nitrogens with zero attached hydrogens (tertiary/aromatic N) is 2. The molecule has 0 radical (unpaired) electrons. The van der Waals surface area contributed by atoms with E-state index in [-0.39, 0.29) is 5.91 Å². The van der Waals surface area contributed by atoms with Gasteiger partial charge in [-0.1, -0.05) is 12.1 Å². The van der Waals surface area contributed by atoms with E-state index in [0.29, 0.717) is 42.0 Å². The third kappa shape index (κ3) is 4.45. The average molecular weight is 369 g/mol. The van der Waals surface area contributed by atoms with Crippen molar-refractivity contribution in [3.8, 4) is 0 Å². The summed E-state index contributed by atoms with van der Waals surface area (Å²) in [6.45, 7) is 1.72. The second-order valence-electron chi connectivity index (χ2n) is 6.59.